The molecule has 1 unspecified atom stereocenters. The van der Waals surface area contributed by atoms with E-state index in [-0.39, 0.29) is 21.4 Å². The summed E-state index contributed by atoms with van der Waals surface area (Å²) in [4.78, 5) is 10.1. The molecule has 2 rings (SSSR count). The Morgan fingerprint density at radius 3 is 2.39 bits per heavy atom. The normalized spacial score (nSPS) is 14.3. The number of rotatable bonds is 3. The van der Waals surface area contributed by atoms with Crippen LogP contribution >= 0.6 is 0 Å². The minimum atomic E-state index is -4.11. The molecule has 0 fully saturated rings. The first kappa shape index (κ1) is 12.6. The molecule has 2 N–H and O–H groups in total. The first-order chi connectivity index (χ1) is 8.47. The summed E-state index contributed by atoms with van der Waals surface area (Å²) in [5.41, 5.74) is -0.179. The lowest BCUT2D eigenvalue weighted by Crippen LogP contribution is -2.17. The monoisotopic (exact) mass is 268 g/mol. The van der Waals surface area contributed by atoms with Crippen LogP contribution in [0.4, 0.5) is 5.69 Å². The summed E-state index contributed by atoms with van der Waals surface area (Å²) in [6.07, 6.45) is 0. The molecule has 0 bridgehead atoms. The van der Waals surface area contributed by atoms with Gasteiger partial charge in [-0.25, -0.2) is 0 Å². The summed E-state index contributed by atoms with van der Waals surface area (Å²) in [6, 6.07) is 8.27. The third-order valence-electron chi connectivity index (χ3n) is 2.45. The van der Waals surface area contributed by atoms with Crippen molar-refractivity contribution in [1.82, 2.24) is 0 Å². The third kappa shape index (κ3) is 1.97. The number of nitro groups is 1. The predicted molar refractivity (Wildman–Crippen MR) is 62.9 cm³/mol. The van der Waals surface area contributed by atoms with Crippen LogP contribution in [0.3, 0.4) is 0 Å². The van der Waals surface area contributed by atoms with Crippen LogP contribution in [-0.2, 0) is 23.5 Å². The van der Waals surface area contributed by atoms with E-state index in [2.05, 4.69) is 4.28 Å². The predicted octanol–water partition coefficient (Wildman–Crippen LogP) is 1.76. The Kier molecular flexibility index (Phi) is 3.09. The standard InChI is InChI=1S/C10H8N2O5S/c11-17-18(15,16)10-6-2-3-7-8(10)4-1-5-9(7)12(13)14/h1-6H,11H2/q+1. The molecule has 0 aliphatic rings. The number of non-ortho nitro benzene ring substituents is 1. The van der Waals surface area contributed by atoms with Gasteiger partial charge in [0.2, 0.25) is 4.90 Å². The molecule has 1 radical (unpaired) electrons. The topological polar surface area (TPSA) is 115 Å². The molecule has 0 heterocycles. The van der Waals surface area contributed by atoms with E-state index in [0.717, 1.165) is 0 Å². The van der Waals surface area contributed by atoms with Crippen LogP contribution in [0.2, 0.25) is 0 Å². The smallest absolute Gasteiger partial charge is 0.258 e. The maximum Gasteiger partial charge on any atom is 0.448 e. The molecule has 93 valence electrons. The highest BCUT2D eigenvalue weighted by molar-refractivity contribution is 7.93. The average molecular weight is 268 g/mol. The summed E-state index contributed by atoms with van der Waals surface area (Å²) < 4.78 is 27.1. The van der Waals surface area contributed by atoms with Crippen molar-refractivity contribution in [2.24, 2.45) is 5.90 Å². The van der Waals surface area contributed by atoms with Crippen LogP contribution in [0.5, 0.6) is 0 Å². The number of fused-ring (bicyclic) bond motifs is 1. The molecule has 7 nitrogen and oxygen atoms in total. The molecule has 1 atom stereocenters. The molecule has 0 amide bonds. The highest BCUT2D eigenvalue weighted by atomic mass is 32.3. The van der Waals surface area contributed by atoms with Gasteiger partial charge in [0.25, 0.3) is 5.69 Å². The van der Waals surface area contributed by atoms with E-state index in [1.54, 1.807) is 0 Å². The summed E-state index contributed by atoms with van der Waals surface area (Å²) in [6.45, 7) is 0. The Hall–Kier alpha value is -1.87. The molecule has 2 aromatic rings. The third-order valence-corrected chi connectivity index (χ3v) is 3.60. The van der Waals surface area contributed by atoms with Gasteiger partial charge in [-0.2, -0.15) is 5.90 Å². The minimum absolute atomic E-state index is 0.179. The summed E-state index contributed by atoms with van der Waals surface area (Å²) in [5.74, 6) is 4.71. The Labute approximate surface area is 103 Å². The fourth-order valence-corrected chi connectivity index (χ4v) is 2.49. The van der Waals surface area contributed by atoms with Crippen molar-refractivity contribution in [3.63, 3.8) is 0 Å². The molecule has 0 saturated heterocycles. The number of nitrogens with zero attached hydrogens (tertiary/aromatic N) is 1. The Morgan fingerprint density at radius 2 is 1.78 bits per heavy atom. The Bertz CT molecular complexity index is 672. The van der Waals surface area contributed by atoms with Crippen LogP contribution < -0.4 is 5.90 Å². The van der Waals surface area contributed by atoms with Gasteiger partial charge in [-0.05, 0) is 20.6 Å². The summed E-state index contributed by atoms with van der Waals surface area (Å²) in [5, 5.41) is 11.2. The lowest BCUT2D eigenvalue weighted by molar-refractivity contribution is -0.383. The molecule has 0 aliphatic carbocycles. The summed E-state index contributed by atoms with van der Waals surface area (Å²) in [7, 11) is -4.11. The average Bonchev–Trinajstić information content (AvgIpc) is 2.37. The molecular weight excluding hydrogens is 260 g/mol. The lowest BCUT2D eigenvalue weighted by Gasteiger charge is -2.02. The van der Waals surface area contributed by atoms with Crippen molar-refractivity contribution in [1.29, 1.82) is 0 Å². The van der Waals surface area contributed by atoms with Crippen LogP contribution in [0.25, 0.3) is 10.8 Å². The molecular formula is C10H8N2O5S+. The zero-order chi connectivity index (χ0) is 13.3. The fraction of sp³-hybridized carbons (Fsp3) is 0. The maximum absolute atomic E-state index is 11.6. The van der Waals surface area contributed by atoms with Crippen molar-refractivity contribution >= 4 is 27.0 Å². The van der Waals surface area contributed by atoms with Crippen LogP contribution in [0, 0.1) is 10.1 Å². The van der Waals surface area contributed by atoms with Crippen LogP contribution in [0.1, 0.15) is 0 Å². The SMILES string of the molecule is NO[S+]([O])(=O)c1cccc2c([N+](=O)[O-])cccc12. The molecule has 2 aromatic carbocycles. The van der Waals surface area contributed by atoms with E-state index in [1.165, 1.54) is 36.4 Å². The zero-order valence-corrected chi connectivity index (χ0v) is 9.75. The number of hydrogen-bond acceptors (Lipinski definition) is 5. The van der Waals surface area contributed by atoms with Gasteiger partial charge in [-0.15, -0.1) is 0 Å². The van der Waals surface area contributed by atoms with E-state index >= 15 is 0 Å². The van der Waals surface area contributed by atoms with Gasteiger partial charge in [0.1, 0.15) is 0 Å². The second-order valence-corrected chi connectivity index (χ2v) is 4.98. The van der Waals surface area contributed by atoms with Crippen LogP contribution in [-0.4, -0.2) is 4.92 Å². The highest BCUT2D eigenvalue weighted by Crippen LogP contribution is 2.32. The molecule has 0 saturated carbocycles. The highest BCUT2D eigenvalue weighted by Gasteiger charge is 2.37. The van der Waals surface area contributed by atoms with Gasteiger partial charge < -0.3 is 0 Å². The molecule has 0 aliphatic heterocycles. The first-order valence-electron chi connectivity index (χ1n) is 4.77. The molecule has 0 spiro atoms. The lowest BCUT2D eigenvalue weighted by atomic mass is 10.1. The van der Waals surface area contributed by atoms with Gasteiger partial charge in [0, 0.05) is 12.1 Å². The van der Waals surface area contributed by atoms with Crippen molar-refractivity contribution in [2.45, 2.75) is 4.90 Å². The Morgan fingerprint density at radius 1 is 1.17 bits per heavy atom. The second-order valence-electron chi connectivity index (χ2n) is 3.44. The van der Waals surface area contributed by atoms with Gasteiger partial charge >= 0.3 is 10.5 Å². The minimum Gasteiger partial charge on any atom is -0.258 e. The van der Waals surface area contributed by atoms with Crippen molar-refractivity contribution in [2.75, 3.05) is 0 Å². The van der Waals surface area contributed by atoms with E-state index in [9.17, 15) is 18.9 Å². The van der Waals surface area contributed by atoms with Gasteiger partial charge in [-0.1, -0.05) is 12.1 Å². The van der Waals surface area contributed by atoms with Crippen molar-refractivity contribution in [3.8, 4) is 0 Å². The number of benzene rings is 2. The van der Waals surface area contributed by atoms with Gasteiger partial charge in [0.05, 0.1) is 20.2 Å². The number of nitro benzene ring substituents is 1. The quantitative estimate of drug-likeness (QED) is 0.517. The molecule has 18 heavy (non-hydrogen) atoms. The second kappa shape index (κ2) is 4.42. The van der Waals surface area contributed by atoms with E-state index in [1.807, 2.05) is 0 Å². The molecule has 8 heteroatoms. The van der Waals surface area contributed by atoms with Crippen LogP contribution in [0.15, 0.2) is 41.3 Å². The van der Waals surface area contributed by atoms with Crippen molar-refractivity contribution < 1.29 is 18.0 Å². The number of hydrogen-bond donors (Lipinski definition) is 1. The first-order valence-corrected chi connectivity index (χ1v) is 6.17. The fourth-order valence-electron chi connectivity index (χ4n) is 1.69. The largest absolute Gasteiger partial charge is 0.448 e. The van der Waals surface area contributed by atoms with Gasteiger partial charge in [0.15, 0.2) is 0 Å². The molecule has 0 aromatic heterocycles. The van der Waals surface area contributed by atoms with E-state index in [0.29, 0.717) is 0 Å². The summed E-state index contributed by atoms with van der Waals surface area (Å²) >= 11 is 0. The Balaban J connectivity index is 2.84. The van der Waals surface area contributed by atoms with Gasteiger partial charge in [-0.3, -0.25) is 10.1 Å². The van der Waals surface area contributed by atoms with E-state index in [4.69, 9.17) is 5.90 Å². The van der Waals surface area contributed by atoms with Crippen molar-refractivity contribution in [3.05, 3.63) is 46.5 Å². The maximum atomic E-state index is 11.6. The number of nitrogens with two attached hydrogens (primary N) is 1. The van der Waals surface area contributed by atoms with E-state index < -0.39 is 15.4 Å². The zero-order valence-electron chi connectivity index (χ0n) is 8.94.